The molecule has 1 aromatic heterocycles. The third-order valence-corrected chi connectivity index (χ3v) is 3.73. The van der Waals surface area contributed by atoms with E-state index < -0.39 is 0 Å². The van der Waals surface area contributed by atoms with Gasteiger partial charge in [-0.15, -0.1) is 11.3 Å². The zero-order valence-electron chi connectivity index (χ0n) is 10.8. The minimum Gasteiger partial charge on any atom is -0.454 e. The van der Waals surface area contributed by atoms with E-state index in [1.165, 1.54) is 11.3 Å². The molecule has 0 spiro atoms. The second kappa shape index (κ2) is 5.34. The van der Waals surface area contributed by atoms with Gasteiger partial charge in [-0.1, -0.05) is 6.07 Å². The molecule has 1 amide bonds. The van der Waals surface area contributed by atoms with Crippen molar-refractivity contribution in [2.75, 3.05) is 6.79 Å². The van der Waals surface area contributed by atoms with E-state index in [9.17, 15) is 4.79 Å². The summed E-state index contributed by atoms with van der Waals surface area (Å²) in [7, 11) is 0. The fourth-order valence-electron chi connectivity index (χ4n) is 1.78. The van der Waals surface area contributed by atoms with Gasteiger partial charge >= 0.3 is 0 Å². The summed E-state index contributed by atoms with van der Waals surface area (Å²) in [6.07, 6.45) is 0. The van der Waals surface area contributed by atoms with Crippen molar-refractivity contribution in [2.24, 2.45) is 5.10 Å². The maximum absolute atomic E-state index is 11.8. The predicted octanol–water partition coefficient (Wildman–Crippen LogP) is 2.63. The van der Waals surface area contributed by atoms with E-state index in [0.29, 0.717) is 16.3 Å². The van der Waals surface area contributed by atoms with Crippen LogP contribution in [0.5, 0.6) is 11.5 Å². The van der Waals surface area contributed by atoms with Crippen molar-refractivity contribution in [1.82, 2.24) is 5.43 Å². The van der Waals surface area contributed by atoms with Crippen molar-refractivity contribution >= 4 is 23.0 Å². The molecule has 0 unspecified atom stereocenters. The molecule has 20 heavy (non-hydrogen) atoms. The molecule has 1 aliphatic heterocycles. The third kappa shape index (κ3) is 2.50. The fraction of sp³-hybridized carbons (Fsp3) is 0.143. The molecule has 3 rings (SSSR count). The number of fused-ring (bicyclic) bond motifs is 1. The molecule has 102 valence electrons. The molecular formula is C14H12N2O3S. The predicted molar refractivity (Wildman–Crippen MR) is 76.6 cm³/mol. The summed E-state index contributed by atoms with van der Waals surface area (Å²) in [5.41, 5.74) is 4.12. The molecule has 0 radical (unpaired) electrons. The first-order valence-corrected chi connectivity index (χ1v) is 6.90. The summed E-state index contributed by atoms with van der Waals surface area (Å²) < 4.78 is 10.6. The van der Waals surface area contributed by atoms with Gasteiger partial charge in [-0.3, -0.25) is 4.79 Å². The van der Waals surface area contributed by atoms with Crippen molar-refractivity contribution in [3.8, 4) is 11.5 Å². The second-order valence-electron chi connectivity index (χ2n) is 4.18. The van der Waals surface area contributed by atoms with Crippen LogP contribution < -0.4 is 14.9 Å². The lowest BCUT2D eigenvalue weighted by Crippen LogP contribution is -2.18. The van der Waals surface area contributed by atoms with Crippen LogP contribution in [0.25, 0.3) is 0 Å². The first kappa shape index (κ1) is 12.7. The summed E-state index contributed by atoms with van der Waals surface area (Å²) in [6, 6.07) is 9.14. The maximum atomic E-state index is 11.8. The molecule has 5 nitrogen and oxygen atoms in total. The average molecular weight is 288 g/mol. The van der Waals surface area contributed by atoms with E-state index in [1.807, 2.05) is 36.6 Å². The van der Waals surface area contributed by atoms with Gasteiger partial charge in [0.1, 0.15) is 0 Å². The topological polar surface area (TPSA) is 59.9 Å². The van der Waals surface area contributed by atoms with Gasteiger partial charge in [-0.25, -0.2) is 5.43 Å². The number of hydrogen-bond donors (Lipinski definition) is 1. The van der Waals surface area contributed by atoms with Crippen molar-refractivity contribution in [2.45, 2.75) is 6.92 Å². The molecule has 6 heteroatoms. The van der Waals surface area contributed by atoms with Crippen LogP contribution in [0, 0.1) is 0 Å². The number of carbonyl (C=O) groups is 1. The summed E-state index contributed by atoms with van der Waals surface area (Å²) in [6.45, 7) is 2.07. The Kier molecular flexibility index (Phi) is 3.39. The number of hydrazone groups is 1. The summed E-state index contributed by atoms with van der Waals surface area (Å²) >= 11 is 1.38. The Balaban J connectivity index is 1.73. The van der Waals surface area contributed by atoms with Gasteiger partial charge in [0.2, 0.25) is 6.79 Å². The normalized spacial score (nSPS) is 13.3. The Morgan fingerprint density at radius 1 is 1.30 bits per heavy atom. The molecule has 0 fully saturated rings. The molecule has 2 aromatic rings. The summed E-state index contributed by atoms with van der Waals surface area (Å²) in [5.74, 6) is 1.21. The van der Waals surface area contributed by atoms with Gasteiger partial charge in [0, 0.05) is 5.56 Å². The first-order valence-electron chi connectivity index (χ1n) is 6.02. The smallest absolute Gasteiger partial charge is 0.281 e. The highest BCUT2D eigenvalue weighted by Gasteiger charge is 2.14. The lowest BCUT2D eigenvalue weighted by atomic mass is 10.1. The first-order chi connectivity index (χ1) is 9.74. The number of rotatable bonds is 3. The number of nitrogens with zero attached hydrogens (tertiary/aromatic N) is 1. The van der Waals surface area contributed by atoms with Crippen LogP contribution in [-0.4, -0.2) is 18.4 Å². The lowest BCUT2D eigenvalue weighted by Gasteiger charge is -2.03. The van der Waals surface area contributed by atoms with Crippen LogP contribution in [0.2, 0.25) is 0 Å². The number of thiophene rings is 1. The molecule has 0 bridgehead atoms. The van der Waals surface area contributed by atoms with Gasteiger partial charge in [-0.05, 0) is 36.6 Å². The largest absolute Gasteiger partial charge is 0.454 e. The van der Waals surface area contributed by atoms with Gasteiger partial charge in [0.15, 0.2) is 11.5 Å². The molecule has 1 aromatic carbocycles. The standard InChI is InChI=1S/C14H12N2O3S/c1-9(15-16-14(17)13-3-2-6-20-13)10-4-5-11-12(7-10)19-8-18-11/h2-7H,8H2,1H3,(H,16,17). The molecule has 0 saturated carbocycles. The van der Waals surface area contributed by atoms with E-state index >= 15 is 0 Å². The number of hydrogen-bond acceptors (Lipinski definition) is 5. The fourth-order valence-corrected chi connectivity index (χ4v) is 2.40. The zero-order chi connectivity index (χ0) is 13.9. The van der Waals surface area contributed by atoms with Gasteiger partial charge < -0.3 is 9.47 Å². The molecule has 0 atom stereocenters. The minimum absolute atomic E-state index is 0.208. The molecular weight excluding hydrogens is 276 g/mol. The molecule has 1 N–H and O–H groups in total. The molecule has 1 aliphatic rings. The average Bonchev–Trinajstić information content (AvgIpc) is 3.13. The number of ether oxygens (including phenoxy) is 2. The quantitative estimate of drug-likeness (QED) is 0.697. The SMILES string of the molecule is CC(=NNC(=O)c1cccs1)c1ccc2c(c1)OCO2. The number of nitrogens with one attached hydrogen (secondary N) is 1. The van der Waals surface area contributed by atoms with E-state index in [1.54, 1.807) is 6.07 Å². The Bertz CT molecular complexity index is 665. The molecule has 0 aliphatic carbocycles. The monoisotopic (exact) mass is 288 g/mol. The van der Waals surface area contributed by atoms with Crippen LogP contribution in [0.15, 0.2) is 40.8 Å². The minimum atomic E-state index is -0.208. The second-order valence-corrected chi connectivity index (χ2v) is 5.13. The Labute approximate surface area is 119 Å². The highest BCUT2D eigenvalue weighted by atomic mass is 32.1. The van der Waals surface area contributed by atoms with Gasteiger partial charge in [0.05, 0.1) is 10.6 Å². The van der Waals surface area contributed by atoms with Crippen LogP contribution in [0.3, 0.4) is 0 Å². The van der Waals surface area contributed by atoms with Gasteiger partial charge in [0.25, 0.3) is 5.91 Å². The van der Waals surface area contributed by atoms with Crippen molar-refractivity contribution in [3.05, 3.63) is 46.2 Å². The van der Waals surface area contributed by atoms with Crippen LogP contribution in [0.4, 0.5) is 0 Å². The van der Waals surface area contributed by atoms with E-state index in [2.05, 4.69) is 10.5 Å². The summed E-state index contributed by atoms with van der Waals surface area (Å²) in [4.78, 5) is 12.4. The molecule has 2 heterocycles. The third-order valence-electron chi connectivity index (χ3n) is 2.86. The van der Waals surface area contributed by atoms with Crippen molar-refractivity contribution in [1.29, 1.82) is 0 Å². The van der Waals surface area contributed by atoms with Crippen molar-refractivity contribution in [3.63, 3.8) is 0 Å². The summed E-state index contributed by atoms with van der Waals surface area (Å²) in [5, 5.41) is 5.95. The number of carbonyl (C=O) groups excluding carboxylic acids is 1. The van der Waals surface area contributed by atoms with E-state index in [4.69, 9.17) is 9.47 Å². The zero-order valence-corrected chi connectivity index (χ0v) is 11.6. The Morgan fingerprint density at radius 3 is 2.95 bits per heavy atom. The maximum Gasteiger partial charge on any atom is 0.281 e. The van der Waals surface area contributed by atoms with Crippen molar-refractivity contribution < 1.29 is 14.3 Å². The van der Waals surface area contributed by atoms with E-state index in [-0.39, 0.29) is 12.7 Å². The van der Waals surface area contributed by atoms with E-state index in [0.717, 1.165) is 11.3 Å². The Hall–Kier alpha value is -2.34. The van der Waals surface area contributed by atoms with Crippen LogP contribution >= 0.6 is 11.3 Å². The number of amides is 1. The Morgan fingerprint density at radius 2 is 2.15 bits per heavy atom. The van der Waals surface area contributed by atoms with Crippen LogP contribution in [0.1, 0.15) is 22.2 Å². The number of benzene rings is 1. The lowest BCUT2D eigenvalue weighted by molar-refractivity contribution is 0.0959. The van der Waals surface area contributed by atoms with Crippen LogP contribution in [-0.2, 0) is 0 Å². The highest BCUT2D eigenvalue weighted by Crippen LogP contribution is 2.32. The van der Waals surface area contributed by atoms with Gasteiger partial charge in [-0.2, -0.15) is 5.10 Å². The highest BCUT2D eigenvalue weighted by molar-refractivity contribution is 7.12. The molecule has 0 saturated heterocycles.